The summed E-state index contributed by atoms with van der Waals surface area (Å²) in [6.45, 7) is 0. The summed E-state index contributed by atoms with van der Waals surface area (Å²) in [5.41, 5.74) is 0.932. The molecular weight excluding hydrogens is 399 g/mol. The molecule has 0 saturated heterocycles. The van der Waals surface area contributed by atoms with Crippen LogP contribution in [0.3, 0.4) is 0 Å². The number of hydrogen-bond donors (Lipinski definition) is 4. The van der Waals surface area contributed by atoms with E-state index in [4.69, 9.17) is 10.2 Å². The Hall–Kier alpha value is -2.21. The van der Waals surface area contributed by atoms with Gasteiger partial charge in [0.2, 0.25) is 20.0 Å². The van der Waals surface area contributed by atoms with Crippen LogP contribution in [-0.4, -0.2) is 41.1 Å². The Morgan fingerprint density at radius 2 is 1.26 bits per heavy atom. The number of hydrogen-bond acceptors (Lipinski definition) is 6. The molecule has 0 amide bonds. The summed E-state index contributed by atoms with van der Waals surface area (Å²) >= 11 is 0. The summed E-state index contributed by atoms with van der Waals surface area (Å²) in [6, 6.07) is 9.53. The topological polar surface area (TPSA) is 133 Å². The highest BCUT2D eigenvalue weighted by molar-refractivity contribution is 7.88. The lowest BCUT2D eigenvalue weighted by Crippen LogP contribution is -2.20. The summed E-state index contributed by atoms with van der Waals surface area (Å²) in [5.74, 6) is -1.56. The zero-order chi connectivity index (χ0) is 20.7. The molecule has 11 heteroatoms. The van der Waals surface area contributed by atoms with Crippen LogP contribution in [0.15, 0.2) is 42.5 Å². The van der Waals surface area contributed by atoms with Gasteiger partial charge in [-0.05, 0) is 49.5 Å². The standard InChI is InChI=1S/C8H10FNO3S.C8H11NO3S/c1-10-14(12,13)5-6-2-3-8(11)7(9)4-6;1-9-13(11,12)6-7-2-4-8(10)5-3-7/h2-4,10-11H,5H2,1H3;2-5,9-10H,6H2,1H3. The van der Waals surface area contributed by atoms with Gasteiger partial charge in [-0.1, -0.05) is 18.2 Å². The van der Waals surface area contributed by atoms with E-state index in [1.165, 1.54) is 32.3 Å². The minimum atomic E-state index is -3.40. The van der Waals surface area contributed by atoms with E-state index in [1.54, 1.807) is 12.1 Å². The van der Waals surface area contributed by atoms with Crippen molar-refractivity contribution in [3.63, 3.8) is 0 Å². The zero-order valence-electron chi connectivity index (χ0n) is 14.7. The monoisotopic (exact) mass is 420 g/mol. The van der Waals surface area contributed by atoms with E-state index in [0.29, 0.717) is 5.56 Å². The number of halogens is 1. The minimum absolute atomic E-state index is 0.0657. The number of phenols is 2. The van der Waals surface area contributed by atoms with Crippen LogP contribution in [0, 0.1) is 5.82 Å². The second kappa shape index (κ2) is 9.65. The van der Waals surface area contributed by atoms with Gasteiger partial charge in [-0.25, -0.2) is 30.7 Å². The van der Waals surface area contributed by atoms with Crippen LogP contribution in [0.2, 0.25) is 0 Å². The third-order valence-corrected chi connectivity index (χ3v) is 5.95. The van der Waals surface area contributed by atoms with Crippen LogP contribution in [0.5, 0.6) is 11.5 Å². The Balaban J connectivity index is 0.000000271. The third-order valence-electron chi connectivity index (χ3n) is 3.28. The van der Waals surface area contributed by atoms with Gasteiger partial charge in [0.25, 0.3) is 0 Å². The van der Waals surface area contributed by atoms with Gasteiger partial charge in [0.1, 0.15) is 5.75 Å². The molecule has 0 aromatic heterocycles. The molecule has 8 nitrogen and oxygen atoms in total. The van der Waals surface area contributed by atoms with Crippen molar-refractivity contribution in [1.82, 2.24) is 9.44 Å². The largest absolute Gasteiger partial charge is 0.508 e. The molecule has 0 aliphatic heterocycles. The molecule has 0 atom stereocenters. The summed E-state index contributed by atoms with van der Waals surface area (Å²) in [5, 5.41) is 17.8. The second-order valence-corrected chi connectivity index (χ2v) is 9.23. The molecule has 2 rings (SSSR count). The Bertz CT molecular complexity index is 961. The Kier molecular flexibility index (Phi) is 8.16. The second-order valence-electron chi connectivity index (χ2n) is 5.38. The van der Waals surface area contributed by atoms with Gasteiger partial charge in [-0.15, -0.1) is 0 Å². The summed E-state index contributed by atoms with van der Waals surface area (Å²) in [6.07, 6.45) is 0. The normalized spacial score (nSPS) is 11.5. The average Bonchev–Trinajstić information content (AvgIpc) is 2.60. The molecule has 0 unspecified atom stereocenters. The average molecular weight is 420 g/mol. The van der Waals surface area contributed by atoms with E-state index >= 15 is 0 Å². The van der Waals surface area contributed by atoms with Crippen molar-refractivity contribution in [3.05, 3.63) is 59.4 Å². The number of rotatable bonds is 6. The molecule has 0 heterocycles. The van der Waals surface area contributed by atoms with Crippen LogP contribution in [-0.2, 0) is 31.6 Å². The number of phenolic OH excluding ortho intramolecular Hbond substituents is 2. The molecule has 27 heavy (non-hydrogen) atoms. The molecule has 0 fully saturated rings. The van der Waals surface area contributed by atoms with E-state index in [-0.39, 0.29) is 22.8 Å². The molecule has 0 radical (unpaired) electrons. The molecule has 2 aromatic carbocycles. The summed E-state index contributed by atoms with van der Waals surface area (Å²) in [7, 11) is -3.96. The first-order chi connectivity index (χ1) is 12.5. The molecular formula is C16H21FN2O6S2. The lowest BCUT2D eigenvalue weighted by molar-refractivity contribution is 0.432. The summed E-state index contributed by atoms with van der Waals surface area (Å²) < 4.78 is 61.4. The fourth-order valence-corrected chi connectivity index (χ4v) is 3.35. The lowest BCUT2D eigenvalue weighted by Gasteiger charge is -2.03. The third kappa shape index (κ3) is 8.35. The van der Waals surface area contributed by atoms with Crippen molar-refractivity contribution < 1.29 is 31.4 Å². The predicted molar refractivity (Wildman–Crippen MR) is 99.5 cm³/mol. The highest BCUT2D eigenvalue weighted by Crippen LogP contribution is 2.17. The number of benzene rings is 2. The quantitative estimate of drug-likeness (QED) is 0.552. The molecule has 0 aliphatic carbocycles. The maximum Gasteiger partial charge on any atom is 0.215 e. The maximum atomic E-state index is 12.8. The van der Waals surface area contributed by atoms with E-state index in [9.17, 15) is 21.2 Å². The molecule has 0 spiro atoms. The van der Waals surface area contributed by atoms with Gasteiger partial charge in [0.05, 0.1) is 11.5 Å². The molecule has 4 N–H and O–H groups in total. The van der Waals surface area contributed by atoms with Crippen molar-refractivity contribution in [3.8, 4) is 11.5 Å². The first kappa shape index (κ1) is 22.8. The van der Waals surface area contributed by atoms with Crippen LogP contribution < -0.4 is 9.44 Å². The van der Waals surface area contributed by atoms with Crippen molar-refractivity contribution in [1.29, 1.82) is 0 Å². The molecule has 0 saturated carbocycles. The molecule has 150 valence electrons. The van der Waals surface area contributed by atoms with Crippen LogP contribution >= 0.6 is 0 Å². The van der Waals surface area contributed by atoms with Gasteiger partial charge < -0.3 is 10.2 Å². The smallest absolute Gasteiger partial charge is 0.215 e. The van der Waals surface area contributed by atoms with Crippen molar-refractivity contribution in [2.75, 3.05) is 14.1 Å². The van der Waals surface area contributed by atoms with Gasteiger partial charge in [0.15, 0.2) is 11.6 Å². The van der Waals surface area contributed by atoms with Gasteiger partial charge >= 0.3 is 0 Å². The molecule has 0 aliphatic rings. The first-order valence-corrected chi connectivity index (χ1v) is 10.9. The number of sulfonamides is 2. The number of nitrogens with one attached hydrogen (secondary N) is 2. The van der Waals surface area contributed by atoms with Crippen molar-refractivity contribution >= 4 is 20.0 Å². The Labute approximate surface area is 157 Å². The fourth-order valence-electron chi connectivity index (χ4n) is 1.82. The lowest BCUT2D eigenvalue weighted by atomic mass is 10.2. The van der Waals surface area contributed by atoms with Crippen LogP contribution in [0.1, 0.15) is 11.1 Å². The van der Waals surface area contributed by atoms with Crippen molar-refractivity contribution in [2.24, 2.45) is 0 Å². The van der Waals surface area contributed by atoms with Crippen LogP contribution in [0.4, 0.5) is 4.39 Å². The highest BCUT2D eigenvalue weighted by atomic mass is 32.2. The van der Waals surface area contributed by atoms with E-state index in [2.05, 4.69) is 9.44 Å². The fraction of sp³-hybridized carbons (Fsp3) is 0.250. The molecule has 2 aromatic rings. The van der Waals surface area contributed by atoms with Gasteiger partial charge in [0, 0.05) is 0 Å². The first-order valence-electron chi connectivity index (χ1n) is 7.55. The number of aromatic hydroxyl groups is 2. The van der Waals surface area contributed by atoms with Crippen molar-refractivity contribution in [2.45, 2.75) is 11.5 Å². The summed E-state index contributed by atoms with van der Waals surface area (Å²) in [4.78, 5) is 0. The Morgan fingerprint density at radius 3 is 1.70 bits per heavy atom. The molecule has 0 bridgehead atoms. The Morgan fingerprint density at radius 1 is 0.815 bits per heavy atom. The minimum Gasteiger partial charge on any atom is -0.508 e. The maximum absolute atomic E-state index is 12.8. The van der Waals surface area contributed by atoms with Crippen LogP contribution in [0.25, 0.3) is 0 Å². The van der Waals surface area contributed by atoms with Gasteiger partial charge in [-0.3, -0.25) is 0 Å². The highest BCUT2D eigenvalue weighted by Gasteiger charge is 2.10. The van der Waals surface area contributed by atoms with E-state index < -0.39 is 31.6 Å². The van der Waals surface area contributed by atoms with E-state index in [0.717, 1.165) is 12.1 Å². The zero-order valence-corrected chi connectivity index (χ0v) is 16.3. The van der Waals surface area contributed by atoms with E-state index in [1.807, 2.05) is 0 Å². The van der Waals surface area contributed by atoms with Gasteiger partial charge in [-0.2, -0.15) is 0 Å². The predicted octanol–water partition coefficient (Wildman–Crippen LogP) is 1.02. The SMILES string of the molecule is CNS(=O)(=O)Cc1ccc(O)c(F)c1.CNS(=O)(=O)Cc1ccc(O)cc1.